The largest absolute Gasteiger partial charge is 0.417 e. The average molecular weight is 345 g/mol. The van der Waals surface area contributed by atoms with Gasteiger partial charge < -0.3 is 9.84 Å². The quantitative estimate of drug-likeness (QED) is 0.853. The van der Waals surface area contributed by atoms with Crippen molar-refractivity contribution in [1.82, 2.24) is 10.5 Å². The van der Waals surface area contributed by atoms with Crippen LogP contribution in [-0.2, 0) is 17.5 Å². The van der Waals surface area contributed by atoms with Crippen LogP contribution in [-0.4, -0.2) is 11.1 Å². The Morgan fingerprint density at radius 3 is 2.74 bits per heavy atom. The third kappa shape index (κ3) is 4.85. The van der Waals surface area contributed by atoms with E-state index in [2.05, 4.69) is 10.5 Å². The van der Waals surface area contributed by atoms with Gasteiger partial charge in [-0.1, -0.05) is 22.8 Å². The second-order valence-electron chi connectivity index (χ2n) is 4.72. The van der Waals surface area contributed by atoms with Crippen LogP contribution in [0.4, 0.5) is 13.2 Å². The van der Waals surface area contributed by atoms with Crippen LogP contribution < -0.4 is 5.32 Å². The van der Waals surface area contributed by atoms with E-state index in [1.165, 1.54) is 12.1 Å². The van der Waals surface area contributed by atoms with Gasteiger partial charge >= 0.3 is 6.18 Å². The van der Waals surface area contributed by atoms with Crippen molar-refractivity contribution in [3.8, 4) is 0 Å². The van der Waals surface area contributed by atoms with Gasteiger partial charge in [-0.2, -0.15) is 13.2 Å². The van der Waals surface area contributed by atoms with E-state index in [0.717, 1.165) is 18.2 Å². The molecule has 1 aromatic carbocycles. The van der Waals surface area contributed by atoms with Crippen LogP contribution in [0.25, 0.3) is 6.08 Å². The number of rotatable bonds is 4. The highest BCUT2D eigenvalue weighted by Gasteiger charge is 2.33. The molecule has 2 aromatic rings. The van der Waals surface area contributed by atoms with Crippen molar-refractivity contribution < 1.29 is 22.5 Å². The van der Waals surface area contributed by atoms with Crippen molar-refractivity contribution in [2.45, 2.75) is 19.6 Å². The van der Waals surface area contributed by atoms with E-state index in [9.17, 15) is 18.0 Å². The lowest BCUT2D eigenvalue weighted by Crippen LogP contribution is -2.19. The first-order chi connectivity index (χ1) is 10.8. The van der Waals surface area contributed by atoms with Crippen molar-refractivity contribution in [2.24, 2.45) is 0 Å². The standard InChI is InChI=1S/C15H12ClF3N2O2/c1-9-6-11(23-21-9)8-20-14(22)5-3-10-2-4-13(16)12(7-10)15(17,18)19/h2-7H,8H2,1H3,(H,20,22)/b5-3-. The molecule has 8 heteroatoms. The maximum Gasteiger partial charge on any atom is 0.417 e. The number of carbonyl (C=O) groups is 1. The molecule has 0 fully saturated rings. The van der Waals surface area contributed by atoms with E-state index in [1.807, 2.05) is 0 Å². The summed E-state index contributed by atoms with van der Waals surface area (Å²) in [6.45, 7) is 1.88. The molecular weight excluding hydrogens is 333 g/mol. The highest BCUT2D eigenvalue weighted by Crippen LogP contribution is 2.35. The average Bonchev–Trinajstić information content (AvgIpc) is 2.88. The van der Waals surface area contributed by atoms with Crippen LogP contribution in [0.1, 0.15) is 22.6 Å². The molecule has 0 atom stereocenters. The van der Waals surface area contributed by atoms with Gasteiger partial charge in [0.25, 0.3) is 0 Å². The number of halogens is 4. The van der Waals surface area contributed by atoms with Crippen LogP contribution in [0, 0.1) is 6.92 Å². The van der Waals surface area contributed by atoms with Crippen LogP contribution in [0.2, 0.25) is 5.02 Å². The molecule has 0 aliphatic rings. The minimum atomic E-state index is -4.55. The number of aryl methyl sites for hydroxylation is 1. The molecule has 0 unspecified atom stereocenters. The number of alkyl halides is 3. The van der Waals surface area contributed by atoms with Gasteiger partial charge in [0.2, 0.25) is 5.91 Å². The second kappa shape index (κ2) is 6.87. The van der Waals surface area contributed by atoms with E-state index >= 15 is 0 Å². The van der Waals surface area contributed by atoms with Gasteiger partial charge in [0, 0.05) is 12.1 Å². The smallest absolute Gasteiger partial charge is 0.359 e. The molecule has 4 nitrogen and oxygen atoms in total. The van der Waals surface area contributed by atoms with Crippen LogP contribution in [0.15, 0.2) is 34.9 Å². The maximum absolute atomic E-state index is 12.7. The van der Waals surface area contributed by atoms with E-state index in [-0.39, 0.29) is 17.1 Å². The van der Waals surface area contributed by atoms with Gasteiger partial charge in [0.1, 0.15) is 0 Å². The number of amides is 1. The zero-order valence-electron chi connectivity index (χ0n) is 11.9. The summed E-state index contributed by atoms with van der Waals surface area (Å²) in [7, 11) is 0. The topological polar surface area (TPSA) is 55.1 Å². The Morgan fingerprint density at radius 1 is 1.39 bits per heavy atom. The van der Waals surface area contributed by atoms with Crippen LogP contribution >= 0.6 is 11.6 Å². The van der Waals surface area contributed by atoms with Crippen molar-refractivity contribution in [2.75, 3.05) is 0 Å². The lowest BCUT2D eigenvalue weighted by Gasteiger charge is -2.09. The van der Waals surface area contributed by atoms with Crippen molar-refractivity contribution in [1.29, 1.82) is 0 Å². The van der Waals surface area contributed by atoms with Crippen molar-refractivity contribution in [3.63, 3.8) is 0 Å². The minimum Gasteiger partial charge on any atom is -0.359 e. The third-order valence-electron chi connectivity index (χ3n) is 2.84. The van der Waals surface area contributed by atoms with Gasteiger partial charge in [-0.25, -0.2) is 0 Å². The first-order valence-electron chi connectivity index (χ1n) is 6.50. The summed E-state index contributed by atoms with van der Waals surface area (Å²) in [5.74, 6) is 0.0117. The van der Waals surface area contributed by atoms with Gasteiger partial charge in [-0.3, -0.25) is 4.79 Å². The number of nitrogens with one attached hydrogen (secondary N) is 1. The Kier molecular flexibility index (Phi) is 5.10. The number of aromatic nitrogens is 1. The number of benzene rings is 1. The van der Waals surface area contributed by atoms with E-state index < -0.39 is 17.6 Å². The molecule has 122 valence electrons. The lowest BCUT2D eigenvalue weighted by atomic mass is 10.1. The summed E-state index contributed by atoms with van der Waals surface area (Å²) in [6, 6.07) is 5.07. The number of carbonyl (C=O) groups excluding carboxylic acids is 1. The molecule has 1 heterocycles. The monoisotopic (exact) mass is 344 g/mol. The molecule has 1 amide bonds. The first-order valence-corrected chi connectivity index (χ1v) is 6.88. The fourth-order valence-corrected chi connectivity index (χ4v) is 1.99. The van der Waals surface area contributed by atoms with E-state index in [4.69, 9.17) is 16.1 Å². The number of hydrogen-bond donors (Lipinski definition) is 1. The van der Waals surface area contributed by atoms with Gasteiger partial charge in [-0.15, -0.1) is 0 Å². The summed E-state index contributed by atoms with van der Waals surface area (Å²) in [4.78, 5) is 11.6. The fourth-order valence-electron chi connectivity index (χ4n) is 1.77. The summed E-state index contributed by atoms with van der Waals surface area (Å²) < 4.78 is 43.1. The molecule has 1 N–H and O–H groups in total. The molecule has 0 aliphatic heterocycles. The molecular formula is C15H12ClF3N2O2. The Hall–Kier alpha value is -2.28. The predicted molar refractivity (Wildman–Crippen MR) is 78.6 cm³/mol. The highest BCUT2D eigenvalue weighted by molar-refractivity contribution is 6.31. The predicted octanol–water partition coefficient (Wildman–Crippen LogP) is 3.98. The van der Waals surface area contributed by atoms with Crippen LogP contribution in [0.3, 0.4) is 0 Å². The zero-order valence-corrected chi connectivity index (χ0v) is 12.7. The van der Waals surface area contributed by atoms with Crippen LogP contribution in [0.5, 0.6) is 0 Å². The molecule has 0 aliphatic carbocycles. The number of nitrogens with zero attached hydrogens (tertiary/aromatic N) is 1. The van der Waals surface area contributed by atoms with E-state index in [1.54, 1.807) is 13.0 Å². The molecule has 2 rings (SSSR count). The Labute approximate surface area is 134 Å². The SMILES string of the molecule is Cc1cc(CNC(=O)/C=C\c2ccc(Cl)c(C(F)(F)F)c2)on1. The zero-order chi connectivity index (χ0) is 17.0. The Balaban J connectivity index is 2.00. The fraction of sp³-hybridized carbons (Fsp3) is 0.200. The molecule has 0 saturated carbocycles. The molecule has 1 aromatic heterocycles. The Morgan fingerprint density at radius 2 is 2.13 bits per heavy atom. The number of hydrogen-bond acceptors (Lipinski definition) is 3. The lowest BCUT2D eigenvalue weighted by molar-refractivity contribution is -0.137. The van der Waals surface area contributed by atoms with Crippen molar-refractivity contribution >= 4 is 23.6 Å². The maximum atomic E-state index is 12.7. The Bertz CT molecular complexity index is 739. The summed E-state index contributed by atoms with van der Waals surface area (Å²) >= 11 is 5.52. The first kappa shape index (κ1) is 17.1. The van der Waals surface area contributed by atoms with Gasteiger partial charge in [0.05, 0.1) is 22.8 Å². The van der Waals surface area contributed by atoms with E-state index in [0.29, 0.717) is 11.5 Å². The molecule has 0 radical (unpaired) electrons. The molecule has 0 saturated heterocycles. The third-order valence-corrected chi connectivity index (χ3v) is 3.17. The van der Waals surface area contributed by atoms with Crippen molar-refractivity contribution in [3.05, 3.63) is 57.9 Å². The summed E-state index contributed by atoms with van der Waals surface area (Å²) in [6.07, 6.45) is -2.15. The summed E-state index contributed by atoms with van der Waals surface area (Å²) in [5.41, 5.74) is -0.0446. The minimum absolute atomic E-state index is 0.137. The van der Waals surface area contributed by atoms with Gasteiger partial charge in [0.15, 0.2) is 5.76 Å². The van der Waals surface area contributed by atoms with Gasteiger partial charge in [-0.05, 0) is 30.7 Å². The second-order valence-corrected chi connectivity index (χ2v) is 5.13. The molecule has 0 spiro atoms. The molecule has 0 bridgehead atoms. The summed E-state index contributed by atoms with van der Waals surface area (Å²) in [5, 5.41) is 5.81. The highest BCUT2D eigenvalue weighted by atomic mass is 35.5. The molecule has 23 heavy (non-hydrogen) atoms. The normalized spacial score (nSPS) is 11.9.